The van der Waals surface area contributed by atoms with E-state index in [4.69, 9.17) is 4.74 Å². The number of nitriles is 1. The van der Waals surface area contributed by atoms with E-state index in [9.17, 15) is 14.4 Å². The van der Waals surface area contributed by atoms with E-state index in [0.29, 0.717) is 28.9 Å². The molecular formula is C31H26FN3O2S. The molecule has 0 aliphatic carbocycles. The van der Waals surface area contributed by atoms with E-state index in [1.165, 1.54) is 17.4 Å². The molecule has 5 nitrogen and oxygen atoms in total. The molecule has 0 saturated carbocycles. The van der Waals surface area contributed by atoms with E-state index >= 15 is 0 Å². The highest BCUT2D eigenvalue weighted by atomic mass is 32.1. The van der Waals surface area contributed by atoms with E-state index in [1.807, 2.05) is 54.1 Å². The normalized spacial score (nSPS) is 11.1. The third-order valence-electron chi connectivity index (χ3n) is 6.50. The molecule has 2 heterocycles. The predicted octanol–water partition coefficient (Wildman–Crippen LogP) is 6.43. The summed E-state index contributed by atoms with van der Waals surface area (Å²) in [6, 6.07) is 26.5. The summed E-state index contributed by atoms with van der Waals surface area (Å²) >= 11 is 1.49. The number of hydrogen-bond donors (Lipinski definition) is 0. The molecule has 3 aromatic carbocycles. The molecule has 0 spiro atoms. The SMILES string of the molecule is COc1ccc(-c2sc3c(c2CN(C)Cc2ccccc2)c(=O)c(C#N)cn3Cc2ccccc2F)cc1. The van der Waals surface area contributed by atoms with Gasteiger partial charge in [0, 0.05) is 29.7 Å². The zero-order chi connectivity index (χ0) is 26.6. The van der Waals surface area contributed by atoms with Crippen LogP contribution in [0.1, 0.15) is 22.3 Å². The van der Waals surface area contributed by atoms with E-state index in [2.05, 4.69) is 23.1 Å². The number of fused-ring (bicyclic) bond motifs is 1. The Kier molecular flexibility index (Phi) is 7.36. The Morgan fingerprint density at radius 3 is 2.39 bits per heavy atom. The van der Waals surface area contributed by atoms with Gasteiger partial charge in [0.05, 0.1) is 19.0 Å². The minimum Gasteiger partial charge on any atom is -0.497 e. The summed E-state index contributed by atoms with van der Waals surface area (Å²) in [5, 5.41) is 10.3. The van der Waals surface area contributed by atoms with E-state index < -0.39 is 0 Å². The van der Waals surface area contributed by atoms with Crippen molar-refractivity contribution in [2.24, 2.45) is 0 Å². The fourth-order valence-corrected chi connectivity index (χ4v) is 5.94. The maximum atomic E-state index is 14.6. The first-order valence-corrected chi connectivity index (χ1v) is 13.0. The molecule has 5 rings (SSSR count). The van der Waals surface area contributed by atoms with Gasteiger partial charge in [-0.2, -0.15) is 5.26 Å². The van der Waals surface area contributed by atoms with Crippen LogP contribution in [0.4, 0.5) is 4.39 Å². The van der Waals surface area contributed by atoms with Crippen LogP contribution in [0.15, 0.2) is 89.9 Å². The minimum absolute atomic E-state index is 0.0416. The molecule has 0 aliphatic rings. The molecule has 5 aromatic rings. The quantitative estimate of drug-likeness (QED) is 0.235. The van der Waals surface area contributed by atoms with Crippen molar-refractivity contribution in [1.82, 2.24) is 9.47 Å². The average molecular weight is 524 g/mol. The second-order valence-corrected chi connectivity index (χ2v) is 10.2. The summed E-state index contributed by atoms with van der Waals surface area (Å²) in [7, 11) is 3.64. The Balaban J connectivity index is 1.69. The molecule has 0 amide bonds. The summed E-state index contributed by atoms with van der Waals surface area (Å²) in [6.07, 6.45) is 1.54. The number of hydrogen-bond acceptors (Lipinski definition) is 5. The number of methoxy groups -OCH3 is 1. The molecular weight excluding hydrogens is 497 g/mol. The van der Waals surface area contributed by atoms with Crippen molar-refractivity contribution < 1.29 is 9.13 Å². The van der Waals surface area contributed by atoms with Crippen molar-refractivity contribution in [2.75, 3.05) is 14.2 Å². The molecule has 0 radical (unpaired) electrons. The van der Waals surface area contributed by atoms with Gasteiger partial charge < -0.3 is 9.30 Å². The second-order valence-electron chi connectivity index (χ2n) is 9.18. The number of pyridine rings is 1. The number of aromatic nitrogens is 1. The maximum Gasteiger partial charge on any atom is 0.208 e. The number of nitrogens with zero attached hydrogens (tertiary/aromatic N) is 3. The van der Waals surface area contributed by atoms with Gasteiger partial charge in [0.25, 0.3) is 0 Å². The van der Waals surface area contributed by atoms with E-state index in [-0.39, 0.29) is 23.4 Å². The van der Waals surface area contributed by atoms with Crippen LogP contribution in [0.2, 0.25) is 0 Å². The van der Waals surface area contributed by atoms with Gasteiger partial charge in [0.1, 0.15) is 28.0 Å². The Morgan fingerprint density at radius 1 is 1.00 bits per heavy atom. The van der Waals surface area contributed by atoms with Gasteiger partial charge in [0.15, 0.2) is 0 Å². The lowest BCUT2D eigenvalue weighted by Gasteiger charge is -2.18. The highest BCUT2D eigenvalue weighted by Gasteiger charge is 2.22. The topological polar surface area (TPSA) is 58.3 Å². The van der Waals surface area contributed by atoms with Crippen molar-refractivity contribution in [3.05, 3.63) is 123 Å². The lowest BCUT2D eigenvalue weighted by atomic mass is 10.0. The van der Waals surface area contributed by atoms with Crippen LogP contribution in [-0.2, 0) is 19.6 Å². The lowest BCUT2D eigenvalue weighted by Crippen LogP contribution is -2.19. The molecule has 0 fully saturated rings. The number of benzene rings is 3. The number of ether oxygens (including phenoxy) is 1. The Morgan fingerprint density at radius 2 is 1.71 bits per heavy atom. The third-order valence-corrected chi connectivity index (χ3v) is 7.82. The van der Waals surface area contributed by atoms with Crippen LogP contribution in [0, 0.1) is 17.1 Å². The predicted molar refractivity (Wildman–Crippen MR) is 150 cm³/mol. The molecule has 2 aromatic heterocycles. The summed E-state index contributed by atoms with van der Waals surface area (Å²) in [5.41, 5.74) is 3.20. The van der Waals surface area contributed by atoms with Crippen molar-refractivity contribution in [3.63, 3.8) is 0 Å². The lowest BCUT2D eigenvalue weighted by molar-refractivity contribution is 0.321. The summed E-state index contributed by atoms with van der Waals surface area (Å²) in [6.45, 7) is 1.40. The highest BCUT2D eigenvalue weighted by Crippen LogP contribution is 2.39. The molecule has 0 atom stereocenters. The third kappa shape index (κ3) is 5.10. The average Bonchev–Trinajstić information content (AvgIpc) is 3.31. The molecule has 0 N–H and O–H groups in total. The van der Waals surface area contributed by atoms with E-state index in [0.717, 1.165) is 27.3 Å². The van der Waals surface area contributed by atoms with Crippen molar-refractivity contribution in [2.45, 2.75) is 19.6 Å². The standard InChI is InChI=1S/C31H26FN3O2S/c1-34(17-21-8-4-3-5-9-21)20-26-28-29(36)24(16-33)19-35(18-23-10-6-7-11-27(23)32)31(28)38-30(26)22-12-14-25(37-2)15-13-22/h3-15,19H,17-18,20H2,1-2H3. The summed E-state index contributed by atoms with van der Waals surface area (Å²) in [5.74, 6) is 0.413. The molecule has 7 heteroatoms. The van der Waals surface area contributed by atoms with Gasteiger partial charge in [-0.15, -0.1) is 11.3 Å². The molecule has 38 heavy (non-hydrogen) atoms. The maximum absolute atomic E-state index is 14.6. The molecule has 0 saturated heterocycles. The van der Waals surface area contributed by atoms with Crippen molar-refractivity contribution in [3.8, 4) is 22.3 Å². The van der Waals surface area contributed by atoms with Gasteiger partial charge in [-0.05, 0) is 54.1 Å². The number of halogens is 1. The van der Waals surface area contributed by atoms with Crippen LogP contribution >= 0.6 is 11.3 Å². The smallest absolute Gasteiger partial charge is 0.208 e. The molecule has 0 unspecified atom stereocenters. The van der Waals surface area contributed by atoms with Crippen molar-refractivity contribution >= 4 is 21.6 Å². The van der Waals surface area contributed by atoms with Gasteiger partial charge in [-0.3, -0.25) is 9.69 Å². The van der Waals surface area contributed by atoms with Crippen LogP contribution in [0.25, 0.3) is 20.7 Å². The Labute approximate surface area is 224 Å². The van der Waals surface area contributed by atoms with Crippen LogP contribution in [0.5, 0.6) is 5.75 Å². The number of thiophene rings is 1. The molecule has 190 valence electrons. The second kappa shape index (κ2) is 11.0. The van der Waals surface area contributed by atoms with Gasteiger partial charge in [-0.1, -0.05) is 48.5 Å². The first-order valence-electron chi connectivity index (χ1n) is 12.2. The summed E-state index contributed by atoms with van der Waals surface area (Å²) < 4.78 is 21.7. The fraction of sp³-hybridized carbons (Fsp3) is 0.161. The van der Waals surface area contributed by atoms with Crippen LogP contribution in [-0.4, -0.2) is 23.6 Å². The fourth-order valence-electron chi connectivity index (χ4n) is 4.65. The Hall–Kier alpha value is -4.25. The van der Waals surface area contributed by atoms with Gasteiger partial charge >= 0.3 is 0 Å². The van der Waals surface area contributed by atoms with E-state index in [1.54, 1.807) is 31.5 Å². The monoisotopic (exact) mass is 523 g/mol. The molecule has 0 aliphatic heterocycles. The van der Waals surface area contributed by atoms with Crippen LogP contribution < -0.4 is 10.2 Å². The van der Waals surface area contributed by atoms with Gasteiger partial charge in [0.2, 0.25) is 5.43 Å². The number of rotatable bonds is 8. The zero-order valence-corrected chi connectivity index (χ0v) is 22.0. The first kappa shape index (κ1) is 25.4. The largest absolute Gasteiger partial charge is 0.497 e. The minimum atomic E-state index is -0.326. The van der Waals surface area contributed by atoms with Crippen molar-refractivity contribution in [1.29, 1.82) is 5.26 Å². The Bertz CT molecular complexity index is 1690. The zero-order valence-electron chi connectivity index (χ0n) is 21.1. The van der Waals surface area contributed by atoms with Gasteiger partial charge in [-0.25, -0.2) is 4.39 Å². The first-order chi connectivity index (χ1) is 18.5. The molecule has 0 bridgehead atoms. The summed E-state index contributed by atoms with van der Waals surface area (Å²) in [4.78, 5) is 17.4. The highest BCUT2D eigenvalue weighted by molar-refractivity contribution is 7.22. The van der Waals surface area contributed by atoms with Crippen LogP contribution in [0.3, 0.4) is 0 Å².